The maximum atomic E-state index is 9.87. The van der Waals surface area contributed by atoms with Crippen molar-refractivity contribution in [2.75, 3.05) is 33.9 Å². The number of benzene rings is 1. The van der Waals surface area contributed by atoms with E-state index in [9.17, 15) is 5.11 Å². The molecule has 5 heteroatoms. The molecule has 1 saturated heterocycles. The molecule has 2 aliphatic rings. The van der Waals surface area contributed by atoms with Crippen LogP contribution in [0.4, 0.5) is 0 Å². The number of aryl methyl sites for hydroxylation is 1. The highest BCUT2D eigenvalue weighted by Crippen LogP contribution is 2.27. The third kappa shape index (κ3) is 7.07. The number of ether oxygens (including phenoxy) is 2. The first-order valence-corrected chi connectivity index (χ1v) is 10.4. The van der Waals surface area contributed by atoms with Crippen molar-refractivity contribution in [3.63, 3.8) is 0 Å². The molecule has 3 atom stereocenters. The van der Waals surface area contributed by atoms with Crippen molar-refractivity contribution >= 4 is 0 Å². The van der Waals surface area contributed by atoms with Crippen LogP contribution >= 0.6 is 0 Å². The number of hydrogen-bond acceptors (Lipinski definition) is 5. The Bertz CT molecular complexity index is 508. The highest BCUT2D eigenvalue weighted by Gasteiger charge is 2.33. The van der Waals surface area contributed by atoms with Gasteiger partial charge in [-0.2, -0.15) is 0 Å². The van der Waals surface area contributed by atoms with E-state index in [1.807, 2.05) is 12.1 Å². The Morgan fingerprint density at radius 2 is 1.78 bits per heavy atom. The highest BCUT2D eigenvalue weighted by atomic mass is 16.5. The lowest BCUT2D eigenvalue weighted by atomic mass is 10.0. The second-order valence-electron chi connectivity index (χ2n) is 7.50. The van der Waals surface area contributed by atoms with Gasteiger partial charge < -0.3 is 19.7 Å². The van der Waals surface area contributed by atoms with E-state index < -0.39 is 0 Å². The van der Waals surface area contributed by atoms with Crippen molar-refractivity contribution < 1.29 is 19.7 Å². The largest absolute Gasteiger partial charge is 0.497 e. The van der Waals surface area contributed by atoms with Crippen LogP contribution in [0.5, 0.6) is 5.75 Å². The number of likely N-dealkylation sites (tertiary alicyclic amines) is 1. The Balaban J connectivity index is 0.00000126. The minimum atomic E-state index is -0.140. The van der Waals surface area contributed by atoms with Crippen LogP contribution in [0.3, 0.4) is 0 Å². The van der Waals surface area contributed by atoms with Gasteiger partial charge in [-0.05, 0) is 49.8 Å². The molecule has 0 spiro atoms. The molecule has 0 radical (unpaired) electrons. The first-order valence-electron chi connectivity index (χ1n) is 10.4. The Hall–Kier alpha value is -1.14. The highest BCUT2D eigenvalue weighted by molar-refractivity contribution is 5.27. The van der Waals surface area contributed by atoms with E-state index in [-0.39, 0.29) is 6.10 Å². The molecular formula is C22H37NO4. The van der Waals surface area contributed by atoms with Crippen LogP contribution in [0.15, 0.2) is 24.3 Å². The van der Waals surface area contributed by atoms with Gasteiger partial charge in [-0.3, -0.25) is 4.90 Å². The van der Waals surface area contributed by atoms with Gasteiger partial charge in [0.05, 0.1) is 19.3 Å². The van der Waals surface area contributed by atoms with Crippen LogP contribution in [-0.4, -0.2) is 67.3 Å². The molecule has 154 valence electrons. The van der Waals surface area contributed by atoms with Crippen molar-refractivity contribution in [1.29, 1.82) is 0 Å². The van der Waals surface area contributed by atoms with Crippen LogP contribution in [0, 0.1) is 0 Å². The maximum Gasteiger partial charge on any atom is 0.118 e. The first kappa shape index (κ1) is 22.2. The lowest BCUT2D eigenvalue weighted by Gasteiger charge is -2.33. The van der Waals surface area contributed by atoms with E-state index in [1.165, 1.54) is 37.7 Å². The summed E-state index contributed by atoms with van der Waals surface area (Å²) < 4.78 is 11.5. The van der Waals surface area contributed by atoms with Gasteiger partial charge >= 0.3 is 0 Å². The smallest absolute Gasteiger partial charge is 0.118 e. The van der Waals surface area contributed by atoms with Gasteiger partial charge in [0.25, 0.3) is 0 Å². The minimum absolute atomic E-state index is 0.140. The number of hydrogen-bond donors (Lipinski definition) is 2. The van der Waals surface area contributed by atoms with Crippen LogP contribution in [0.1, 0.15) is 50.5 Å². The first-order chi connectivity index (χ1) is 13.3. The molecule has 3 rings (SSSR count). The van der Waals surface area contributed by atoms with Gasteiger partial charge in [-0.25, -0.2) is 0 Å². The molecule has 1 aliphatic heterocycles. The molecule has 0 aromatic heterocycles. The molecule has 1 unspecified atom stereocenters. The fraction of sp³-hybridized carbons (Fsp3) is 0.727. The summed E-state index contributed by atoms with van der Waals surface area (Å²) in [5, 5.41) is 16.9. The maximum absolute atomic E-state index is 9.87. The summed E-state index contributed by atoms with van der Waals surface area (Å²) >= 11 is 0. The number of rotatable bonds is 7. The molecule has 1 aliphatic carbocycles. The fourth-order valence-corrected chi connectivity index (χ4v) is 4.24. The summed E-state index contributed by atoms with van der Waals surface area (Å²) in [5.41, 5.74) is 1.34. The number of methoxy groups -OCH3 is 1. The molecular weight excluding hydrogens is 342 g/mol. The average molecular weight is 380 g/mol. The molecule has 2 N–H and O–H groups in total. The Kier molecular flexibility index (Phi) is 10.1. The lowest BCUT2D eigenvalue weighted by Crippen LogP contribution is -2.43. The normalized spacial score (nSPS) is 26.1. The molecule has 1 aromatic carbocycles. The molecule has 0 bridgehead atoms. The van der Waals surface area contributed by atoms with Gasteiger partial charge in [0.15, 0.2) is 0 Å². The van der Waals surface area contributed by atoms with Crippen LogP contribution in [-0.2, 0) is 11.2 Å². The summed E-state index contributed by atoms with van der Waals surface area (Å²) in [5.74, 6) is 0.911. The van der Waals surface area contributed by atoms with Crippen LogP contribution in [0.25, 0.3) is 0 Å². The zero-order chi connectivity index (χ0) is 19.5. The Labute approximate surface area is 164 Å². The minimum Gasteiger partial charge on any atom is -0.497 e. The molecule has 27 heavy (non-hydrogen) atoms. The Morgan fingerprint density at radius 1 is 1.04 bits per heavy atom. The third-order valence-electron chi connectivity index (χ3n) is 5.68. The second kappa shape index (κ2) is 12.3. The zero-order valence-electron chi connectivity index (χ0n) is 17.0. The summed E-state index contributed by atoms with van der Waals surface area (Å²) in [6.45, 7) is 2.68. The molecule has 0 amide bonds. The van der Waals surface area contributed by atoms with Crippen molar-refractivity contribution in [2.45, 2.75) is 69.6 Å². The van der Waals surface area contributed by atoms with Crippen molar-refractivity contribution in [3.05, 3.63) is 29.8 Å². The monoisotopic (exact) mass is 379 g/mol. The molecule has 1 saturated carbocycles. The summed E-state index contributed by atoms with van der Waals surface area (Å²) in [6, 6.07) is 8.82. The van der Waals surface area contributed by atoms with Crippen molar-refractivity contribution in [1.82, 2.24) is 4.90 Å². The quantitative estimate of drug-likeness (QED) is 0.563. The SMILES string of the molecule is CO.COc1ccc(CCCOC2CCCCC[C@H]2N2CC[C@@H](O)C2)cc1. The predicted molar refractivity (Wildman–Crippen MR) is 108 cm³/mol. The van der Waals surface area contributed by atoms with E-state index in [0.29, 0.717) is 12.1 Å². The van der Waals surface area contributed by atoms with Gasteiger partial charge in [0.1, 0.15) is 5.75 Å². The van der Waals surface area contributed by atoms with Gasteiger partial charge in [-0.15, -0.1) is 0 Å². The lowest BCUT2D eigenvalue weighted by molar-refractivity contribution is -0.0158. The van der Waals surface area contributed by atoms with Gasteiger partial charge in [0, 0.05) is 32.8 Å². The van der Waals surface area contributed by atoms with E-state index in [0.717, 1.165) is 51.8 Å². The van der Waals surface area contributed by atoms with E-state index >= 15 is 0 Å². The summed E-state index contributed by atoms with van der Waals surface area (Å²) in [4.78, 5) is 2.48. The van der Waals surface area contributed by atoms with Crippen LogP contribution in [0.2, 0.25) is 0 Å². The number of aliphatic hydroxyl groups is 2. The van der Waals surface area contributed by atoms with Crippen molar-refractivity contribution in [3.8, 4) is 5.75 Å². The topological polar surface area (TPSA) is 62.2 Å². The van der Waals surface area contributed by atoms with Gasteiger partial charge in [-0.1, -0.05) is 31.4 Å². The number of aliphatic hydroxyl groups excluding tert-OH is 2. The molecule has 1 heterocycles. The second-order valence-corrected chi connectivity index (χ2v) is 7.50. The molecule has 2 fully saturated rings. The van der Waals surface area contributed by atoms with E-state index in [4.69, 9.17) is 14.6 Å². The predicted octanol–water partition coefficient (Wildman–Crippen LogP) is 3.02. The van der Waals surface area contributed by atoms with E-state index in [1.54, 1.807) is 7.11 Å². The number of nitrogens with zero attached hydrogens (tertiary/aromatic N) is 1. The summed E-state index contributed by atoms with van der Waals surface area (Å²) in [6.07, 6.45) is 9.48. The van der Waals surface area contributed by atoms with Crippen LogP contribution < -0.4 is 4.74 Å². The molecule has 1 aromatic rings. The zero-order valence-corrected chi connectivity index (χ0v) is 17.0. The Morgan fingerprint density at radius 3 is 2.44 bits per heavy atom. The number of β-amino-alcohol motifs (C(OH)–C–C–N with tert-alkyl or cyclic N) is 1. The third-order valence-corrected chi connectivity index (χ3v) is 5.68. The van der Waals surface area contributed by atoms with E-state index in [2.05, 4.69) is 17.0 Å². The van der Waals surface area contributed by atoms with Gasteiger partial charge in [0.2, 0.25) is 0 Å². The molecule has 5 nitrogen and oxygen atoms in total. The van der Waals surface area contributed by atoms with Crippen molar-refractivity contribution in [2.24, 2.45) is 0 Å². The summed E-state index contributed by atoms with van der Waals surface area (Å²) in [7, 11) is 2.70. The average Bonchev–Trinajstić information content (AvgIpc) is 3.00. The fourth-order valence-electron chi connectivity index (χ4n) is 4.24. The standard InChI is InChI=1S/C21H33NO3.CH4O/c1-24-19-11-9-17(10-12-19)6-5-15-25-21-8-4-2-3-7-20(21)22-14-13-18(23)16-22;1-2/h9-12,18,20-21,23H,2-8,13-16H2,1H3;2H,1H3/t18-,20-,21?;/m1./s1.